The van der Waals surface area contributed by atoms with Crippen LogP contribution in [-0.2, 0) is 9.59 Å². The van der Waals surface area contributed by atoms with Gasteiger partial charge < -0.3 is 10.6 Å². The first-order valence-electron chi connectivity index (χ1n) is 5.57. The maximum Gasteiger partial charge on any atom is 0.223 e. The molecule has 2 unspecified atom stereocenters. The molecule has 2 N–H and O–H groups in total. The summed E-state index contributed by atoms with van der Waals surface area (Å²) in [5.74, 6) is 0.913. The van der Waals surface area contributed by atoms with Gasteiger partial charge in [0.1, 0.15) is 0 Å². The van der Waals surface area contributed by atoms with Crippen LogP contribution in [0, 0.1) is 17.8 Å². The first-order chi connectivity index (χ1) is 7.02. The molecule has 0 saturated heterocycles. The van der Waals surface area contributed by atoms with Gasteiger partial charge in [-0.25, -0.2) is 0 Å². The van der Waals surface area contributed by atoms with Gasteiger partial charge in [0.2, 0.25) is 11.8 Å². The Morgan fingerprint density at radius 3 is 2.27 bits per heavy atom. The van der Waals surface area contributed by atoms with Crippen molar-refractivity contribution in [3.05, 3.63) is 0 Å². The first kappa shape index (κ1) is 12.0. The van der Waals surface area contributed by atoms with E-state index in [2.05, 4.69) is 17.6 Å². The molecule has 0 heterocycles. The summed E-state index contributed by atoms with van der Waals surface area (Å²) in [6, 6.07) is 0. The van der Waals surface area contributed by atoms with Gasteiger partial charge in [-0.1, -0.05) is 20.8 Å². The highest BCUT2D eigenvalue weighted by Gasteiger charge is 2.38. The molecule has 0 aromatic heterocycles. The molecule has 1 rings (SSSR count). The van der Waals surface area contributed by atoms with Crippen molar-refractivity contribution in [2.75, 3.05) is 13.1 Å². The SMILES string of the molecule is CC(C)C(=O)NCCNC(=O)C1CC1C. The lowest BCUT2D eigenvalue weighted by molar-refractivity contribution is -0.125. The van der Waals surface area contributed by atoms with Crippen molar-refractivity contribution in [1.82, 2.24) is 10.6 Å². The molecule has 0 aromatic rings. The number of carbonyl (C=O) groups is 2. The molecule has 86 valence electrons. The summed E-state index contributed by atoms with van der Waals surface area (Å²) >= 11 is 0. The van der Waals surface area contributed by atoms with E-state index in [1.165, 1.54) is 0 Å². The molecule has 2 atom stereocenters. The van der Waals surface area contributed by atoms with Gasteiger partial charge in [-0.05, 0) is 12.3 Å². The standard InChI is InChI=1S/C11H20N2O2/c1-7(2)10(14)12-4-5-13-11(15)9-6-8(9)3/h7-9H,4-6H2,1-3H3,(H,12,14)(H,13,15). The molecule has 0 aromatic carbocycles. The molecular formula is C11H20N2O2. The molecule has 4 heteroatoms. The second kappa shape index (κ2) is 5.14. The van der Waals surface area contributed by atoms with Crippen molar-refractivity contribution < 1.29 is 9.59 Å². The van der Waals surface area contributed by atoms with Crippen molar-refractivity contribution in [2.45, 2.75) is 27.2 Å². The summed E-state index contributed by atoms with van der Waals surface area (Å²) in [5.41, 5.74) is 0. The fourth-order valence-electron chi connectivity index (χ4n) is 1.39. The Bertz CT molecular complexity index is 251. The van der Waals surface area contributed by atoms with Crippen LogP contribution in [0.4, 0.5) is 0 Å². The Labute approximate surface area is 90.8 Å². The molecule has 0 radical (unpaired) electrons. The van der Waals surface area contributed by atoms with Gasteiger partial charge in [-0.2, -0.15) is 0 Å². The fraction of sp³-hybridized carbons (Fsp3) is 0.818. The second-order valence-electron chi connectivity index (χ2n) is 4.56. The number of hydrogen-bond donors (Lipinski definition) is 2. The summed E-state index contributed by atoms with van der Waals surface area (Å²) in [6.07, 6.45) is 1.00. The van der Waals surface area contributed by atoms with E-state index in [0.29, 0.717) is 19.0 Å². The Hall–Kier alpha value is -1.06. The van der Waals surface area contributed by atoms with Gasteiger partial charge in [0, 0.05) is 24.9 Å². The maximum absolute atomic E-state index is 11.4. The van der Waals surface area contributed by atoms with Crippen molar-refractivity contribution in [1.29, 1.82) is 0 Å². The molecular weight excluding hydrogens is 192 g/mol. The second-order valence-corrected chi connectivity index (χ2v) is 4.56. The lowest BCUT2D eigenvalue weighted by atomic mass is 10.2. The first-order valence-corrected chi connectivity index (χ1v) is 5.57. The largest absolute Gasteiger partial charge is 0.354 e. The predicted octanol–water partition coefficient (Wildman–Crippen LogP) is 0.531. The minimum atomic E-state index is 0.00385. The van der Waals surface area contributed by atoms with Crippen LogP contribution in [0.25, 0.3) is 0 Å². The number of amides is 2. The minimum Gasteiger partial charge on any atom is -0.354 e. The van der Waals surface area contributed by atoms with Gasteiger partial charge in [0.05, 0.1) is 0 Å². The number of nitrogens with one attached hydrogen (secondary N) is 2. The van der Waals surface area contributed by atoms with E-state index in [1.807, 2.05) is 13.8 Å². The van der Waals surface area contributed by atoms with E-state index in [-0.39, 0.29) is 23.7 Å². The molecule has 1 aliphatic carbocycles. The molecule has 15 heavy (non-hydrogen) atoms. The van der Waals surface area contributed by atoms with E-state index in [4.69, 9.17) is 0 Å². The molecule has 2 amide bonds. The normalized spacial score (nSPS) is 23.7. The fourth-order valence-corrected chi connectivity index (χ4v) is 1.39. The van der Waals surface area contributed by atoms with Crippen LogP contribution in [0.3, 0.4) is 0 Å². The van der Waals surface area contributed by atoms with Crippen LogP contribution in [0.15, 0.2) is 0 Å². The van der Waals surface area contributed by atoms with E-state index in [0.717, 1.165) is 6.42 Å². The lowest BCUT2D eigenvalue weighted by Gasteiger charge is -2.08. The summed E-state index contributed by atoms with van der Waals surface area (Å²) < 4.78 is 0. The average Bonchev–Trinajstić information content (AvgIpc) is 2.89. The van der Waals surface area contributed by atoms with Crippen molar-refractivity contribution >= 4 is 11.8 Å². The van der Waals surface area contributed by atoms with Crippen molar-refractivity contribution in [3.8, 4) is 0 Å². The summed E-state index contributed by atoms with van der Waals surface area (Å²) in [6.45, 7) is 6.81. The van der Waals surface area contributed by atoms with E-state index in [1.54, 1.807) is 0 Å². The monoisotopic (exact) mass is 212 g/mol. The van der Waals surface area contributed by atoms with Crippen molar-refractivity contribution in [2.24, 2.45) is 17.8 Å². The van der Waals surface area contributed by atoms with Gasteiger partial charge in [-0.3, -0.25) is 9.59 Å². The third-order valence-electron chi connectivity index (χ3n) is 2.69. The van der Waals surface area contributed by atoms with E-state index in [9.17, 15) is 9.59 Å². The number of hydrogen-bond acceptors (Lipinski definition) is 2. The van der Waals surface area contributed by atoms with Crippen LogP contribution < -0.4 is 10.6 Å². The Balaban J connectivity index is 2.02. The highest BCUT2D eigenvalue weighted by molar-refractivity contribution is 5.81. The predicted molar refractivity (Wildman–Crippen MR) is 58.1 cm³/mol. The summed E-state index contributed by atoms with van der Waals surface area (Å²) in [7, 11) is 0. The van der Waals surface area contributed by atoms with Gasteiger partial charge in [0.25, 0.3) is 0 Å². The Morgan fingerprint density at radius 2 is 1.80 bits per heavy atom. The molecule has 1 aliphatic rings. The summed E-state index contributed by atoms with van der Waals surface area (Å²) in [4.78, 5) is 22.5. The zero-order valence-electron chi connectivity index (χ0n) is 9.67. The van der Waals surface area contributed by atoms with Crippen LogP contribution in [0.2, 0.25) is 0 Å². The smallest absolute Gasteiger partial charge is 0.223 e. The van der Waals surface area contributed by atoms with Crippen LogP contribution in [0.5, 0.6) is 0 Å². The van der Waals surface area contributed by atoms with Crippen molar-refractivity contribution in [3.63, 3.8) is 0 Å². The number of rotatable bonds is 5. The molecule has 1 fully saturated rings. The maximum atomic E-state index is 11.4. The molecule has 1 saturated carbocycles. The van der Waals surface area contributed by atoms with E-state index < -0.39 is 0 Å². The van der Waals surface area contributed by atoms with Gasteiger partial charge in [-0.15, -0.1) is 0 Å². The average molecular weight is 212 g/mol. The Morgan fingerprint density at radius 1 is 1.27 bits per heavy atom. The Kier molecular flexibility index (Phi) is 4.12. The summed E-state index contributed by atoms with van der Waals surface area (Å²) in [5, 5.41) is 5.57. The zero-order chi connectivity index (χ0) is 11.4. The highest BCUT2D eigenvalue weighted by Crippen LogP contribution is 2.37. The van der Waals surface area contributed by atoms with Crippen LogP contribution in [-0.4, -0.2) is 24.9 Å². The third-order valence-corrected chi connectivity index (χ3v) is 2.69. The molecule has 0 bridgehead atoms. The lowest BCUT2D eigenvalue weighted by Crippen LogP contribution is -2.37. The topological polar surface area (TPSA) is 58.2 Å². The van der Waals surface area contributed by atoms with Crippen LogP contribution >= 0.6 is 0 Å². The molecule has 4 nitrogen and oxygen atoms in total. The quantitative estimate of drug-likeness (QED) is 0.653. The third kappa shape index (κ3) is 3.90. The molecule has 0 aliphatic heterocycles. The highest BCUT2D eigenvalue weighted by atomic mass is 16.2. The van der Waals surface area contributed by atoms with Gasteiger partial charge in [0.15, 0.2) is 0 Å². The minimum absolute atomic E-state index is 0.00385. The zero-order valence-corrected chi connectivity index (χ0v) is 9.67. The van der Waals surface area contributed by atoms with Crippen LogP contribution in [0.1, 0.15) is 27.2 Å². The molecule has 0 spiro atoms. The van der Waals surface area contributed by atoms with E-state index >= 15 is 0 Å². The van der Waals surface area contributed by atoms with Gasteiger partial charge >= 0.3 is 0 Å². The number of carbonyl (C=O) groups excluding carboxylic acids is 2.